The minimum Gasteiger partial charge on any atom is -0.508 e. The highest BCUT2D eigenvalue weighted by Gasteiger charge is 2.16. The van der Waals surface area contributed by atoms with Crippen molar-refractivity contribution in [3.05, 3.63) is 73.1 Å². The summed E-state index contributed by atoms with van der Waals surface area (Å²) < 4.78 is 5.59. The molecule has 1 N–H and O–H groups in total. The Hall–Kier alpha value is -2.85. The summed E-state index contributed by atoms with van der Waals surface area (Å²) in [6.07, 6.45) is 3.46. The fourth-order valence-corrected chi connectivity index (χ4v) is 3.63. The van der Waals surface area contributed by atoms with E-state index in [1.165, 1.54) is 0 Å². The van der Waals surface area contributed by atoms with Crippen LogP contribution in [0.1, 0.15) is 0 Å². The van der Waals surface area contributed by atoms with Gasteiger partial charge in [-0.25, -0.2) is 0 Å². The lowest BCUT2D eigenvalue weighted by Gasteiger charge is -1.99. The van der Waals surface area contributed by atoms with Crippen molar-refractivity contribution >= 4 is 11.3 Å². The lowest BCUT2D eigenvalue weighted by molar-refractivity contribution is 0.475. The fourth-order valence-electron chi connectivity index (χ4n) is 2.50. The topological polar surface area (TPSA) is 46.3 Å². The highest BCUT2D eigenvalue weighted by atomic mass is 32.1. The normalized spacial score (nSPS) is 10.8. The highest BCUT2D eigenvalue weighted by molar-refractivity contribution is 7.19. The van der Waals surface area contributed by atoms with E-state index < -0.39 is 0 Å². The molecule has 112 valence electrons. The van der Waals surface area contributed by atoms with E-state index in [4.69, 9.17) is 4.42 Å². The van der Waals surface area contributed by atoms with Crippen LogP contribution in [0.5, 0.6) is 5.75 Å². The van der Waals surface area contributed by atoms with Gasteiger partial charge in [-0.2, -0.15) is 0 Å². The van der Waals surface area contributed by atoms with Crippen molar-refractivity contribution in [2.75, 3.05) is 0 Å². The van der Waals surface area contributed by atoms with E-state index in [0.29, 0.717) is 0 Å². The summed E-state index contributed by atoms with van der Waals surface area (Å²) in [5.41, 5.74) is 2.91. The molecule has 1 aromatic carbocycles. The van der Waals surface area contributed by atoms with Gasteiger partial charge in [0.1, 0.15) is 11.5 Å². The smallest absolute Gasteiger partial charge is 0.144 e. The number of aromatic nitrogens is 1. The number of hydrogen-bond acceptors (Lipinski definition) is 4. The Kier molecular flexibility index (Phi) is 3.44. The molecule has 3 nitrogen and oxygen atoms in total. The lowest BCUT2D eigenvalue weighted by atomic mass is 10.1. The summed E-state index contributed by atoms with van der Waals surface area (Å²) in [5, 5.41) is 9.73. The quantitative estimate of drug-likeness (QED) is 0.546. The number of phenols is 1. The van der Waals surface area contributed by atoms with Crippen LogP contribution in [-0.4, -0.2) is 10.1 Å². The standard InChI is InChI=1S/C19H13NO2S/c21-14-6-3-5-13(11-14)18-12-15(16-7-1-2-9-20-16)19(23-18)17-8-4-10-22-17/h1-12,21H. The Morgan fingerprint density at radius 3 is 2.65 bits per heavy atom. The molecule has 0 unspecified atom stereocenters. The molecule has 0 saturated heterocycles. The van der Waals surface area contributed by atoms with E-state index in [9.17, 15) is 5.11 Å². The number of nitrogens with zero attached hydrogens (tertiary/aromatic N) is 1. The van der Waals surface area contributed by atoms with Crippen LogP contribution in [-0.2, 0) is 0 Å². The minimum absolute atomic E-state index is 0.259. The number of pyridine rings is 1. The molecule has 4 aromatic rings. The van der Waals surface area contributed by atoms with Crippen molar-refractivity contribution in [1.29, 1.82) is 0 Å². The molecule has 4 rings (SSSR count). The third kappa shape index (κ3) is 2.64. The zero-order chi connectivity index (χ0) is 15.6. The number of rotatable bonds is 3. The molecule has 4 heteroatoms. The Bertz CT molecular complexity index is 927. The van der Waals surface area contributed by atoms with Gasteiger partial charge in [0.05, 0.1) is 16.8 Å². The van der Waals surface area contributed by atoms with Crippen LogP contribution in [0.25, 0.3) is 32.3 Å². The number of benzene rings is 1. The van der Waals surface area contributed by atoms with Gasteiger partial charge in [-0.15, -0.1) is 11.3 Å². The van der Waals surface area contributed by atoms with Crippen LogP contribution in [0.15, 0.2) is 77.5 Å². The Balaban J connectivity index is 1.91. The molecule has 3 aromatic heterocycles. The molecule has 0 saturated carbocycles. The number of phenolic OH excluding ortho intramolecular Hbond substituents is 1. The first-order valence-corrected chi connectivity index (χ1v) is 8.01. The molecule has 0 aliphatic heterocycles. The average molecular weight is 319 g/mol. The summed E-state index contributed by atoms with van der Waals surface area (Å²) in [4.78, 5) is 6.56. The predicted molar refractivity (Wildman–Crippen MR) is 92.4 cm³/mol. The van der Waals surface area contributed by atoms with Crippen molar-refractivity contribution in [2.24, 2.45) is 0 Å². The van der Waals surface area contributed by atoms with Gasteiger partial charge in [0.25, 0.3) is 0 Å². The predicted octanol–water partition coefficient (Wildman–Crippen LogP) is 5.44. The number of furan rings is 1. The van der Waals surface area contributed by atoms with Crippen LogP contribution < -0.4 is 0 Å². The fraction of sp³-hybridized carbons (Fsp3) is 0. The van der Waals surface area contributed by atoms with Crippen LogP contribution in [0.4, 0.5) is 0 Å². The van der Waals surface area contributed by atoms with Gasteiger partial charge in [0.2, 0.25) is 0 Å². The van der Waals surface area contributed by atoms with E-state index >= 15 is 0 Å². The highest BCUT2D eigenvalue weighted by Crippen LogP contribution is 2.43. The summed E-state index contributed by atoms with van der Waals surface area (Å²) in [6, 6.07) is 19.1. The zero-order valence-corrected chi connectivity index (χ0v) is 13.0. The van der Waals surface area contributed by atoms with E-state index in [0.717, 1.165) is 32.3 Å². The molecule has 0 atom stereocenters. The van der Waals surface area contributed by atoms with Crippen LogP contribution in [0.2, 0.25) is 0 Å². The summed E-state index contributed by atoms with van der Waals surface area (Å²) in [7, 11) is 0. The summed E-state index contributed by atoms with van der Waals surface area (Å²) in [6.45, 7) is 0. The van der Waals surface area contributed by atoms with Crippen molar-refractivity contribution in [1.82, 2.24) is 4.98 Å². The third-order valence-electron chi connectivity index (χ3n) is 3.55. The van der Waals surface area contributed by atoms with Gasteiger partial charge in [0, 0.05) is 16.6 Å². The van der Waals surface area contributed by atoms with Crippen LogP contribution in [0.3, 0.4) is 0 Å². The van der Waals surface area contributed by atoms with E-state index in [1.54, 1.807) is 35.9 Å². The molecule has 0 aliphatic rings. The second kappa shape index (κ2) is 5.74. The van der Waals surface area contributed by atoms with Gasteiger partial charge in [-0.1, -0.05) is 18.2 Å². The molecular weight excluding hydrogens is 306 g/mol. The zero-order valence-electron chi connectivity index (χ0n) is 12.1. The summed E-state index contributed by atoms with van der Waals surface area (Å²) in [5.74, 6) is 1.08. The van der Waals surface area contributed by atoms with Gasteiger partial charge in [-0.3, -0.25) is 4.98 Å². The maximum absolute atomic E-state index is 9.73. The molecule has 23 heavy (non-hydrogen) atoms. The Labute approximate surface area is 137 Å². The third-order valence-corrected chi connectivity index (χ3v) is 4.75. The van der Waals surface area contributed by atoms with Gasteiger partial charge in [-0.05, 0) is 48.0 Å². The maximum Gasteiger partial charge on any atom is 0.144 e. The Morgan fingerprint density at radius 2 is 1.91 bits per heavy atom. The monoisotopic (exact) mass is 319 g/mol. The first kappa shape index (κ1) is 13.8. The molecule has 0 fully saturated rings. The molecule has 0 amide bonds. The number of hydrogen-bond donors (Lipinski definition) is 1. The first-order chi connectivity index (χ1) is 11.3. The molecular formula is C19H13NO2S. The van der Waals surface area contributed by atoms with E-state index in [-0.39, 0.29) is 5.75 Å². The largest absolute Gasteiger partial charge is 0.508 e. The summed E-state index contributed by atoms with van der Waals surface area (Å²) >= 11 is 1.63. The maximum atomic E-state index is 9.73. The molecule has 3 heterocycles. The van der Waals surface area contributed by atoms with Gasteiger partial charge in [0.15, 0.2) is 0 Å². The number of aromatic hydroxyl groups is 1. The second-order valence-electron chi connectivity index (χ2n) is 5.10. The molecule has 0 bridgehead atoms. The van der Waals surface area contributed by atoms with E-state index in [1.807, 2.05) is 42.5 Å². The molecule has 0 spiro atoms. The minimum atomic E-state index is 0.259. The van der Waals surface area contributed by atoms with Gasteiger partial charge < -0.3 is 9.52 Å². The molecule has 0 radical (unpaired) electrons. The van der Waals surface area contributed by atoms with Gasteiger partial charge >= 0.3 is 0 Å². The lowest BCUT2D eigenvalue weighted by Crippen LogP contribution is -1.81. The number of thiophene rings is 1. The van der Waals surface area contributed by atoms with Crippen molar-refractivity contribution in [3.63, 3.8) is 0 Å². The first-order valence-electron chi connectivity index (χ1n) is 7.20. The van der Waals surface area contributed by atoms with Crippen molar-refractivity contribution in [3.8, 4) is 38.1 Å². The van der Waals surface area contributed by atoms with Crippen molar-refractivity contribution in [2.45, 2.75) is 0 Å². The van der Waals surface area contributed by atoms with Crippen LogP contribution in [0, 0.1) is 0 Å². The SMILES string of the molecule is Oc1cccc(-c2cc(-c3ccccn3)c(-c3ccco3)s2)c1. The van der Waals surface area contributed by atoms with E-state index in [2.05, 4.69) is 11.1 Å². The second-order valence-corrected chi connectivity index (χ2v) is 6.15. The van der Waals surface area contributed by atoms with Crippen molar-refractivity contribution < 1.29 is 9.52 Å². The molecule has 0 aliphatic carbocycles. The average Bonchev–Trinajstić information content (AvgIpc) is 3.25. The Morgan fingerprint density at radius 1 is 0.957 bits per heavy atom. The van der Waals surface area contributed by atoms with Crippen LogP contribution >= 0.6 is 11.3 Å².